The van der Waals surface area contributed by atoms with Gasteiger partial charge in [0.15, 0.2) is 0 Å². The lowest BCUT2D eigenvalue weighted by Gasteiger charge is -2.23. The first-order chi connectivity index (χ1) is 10.9. The molecule has 5 nitrogen and oxygen atoms in total. The first kappa shape index (κ1) is 15.2. The lowest BCUT2D eigenvalue weighted by Crippen LogP contribution is -2.32. The van der Waals surface area contributed by atoms with Crippen molar-refractivity contribution < 1.29 is 24.5 Å². The van der Waals surface area contributed by atoms with E-state index in [0.29, 0.717) is 22.7 Å². The average molecular weight is 314 g/mol. The summed E-state index contributed by atoms with van der Waals surface area (Å²) in [7, 11) is 0. The molecule has 23 heavy (non-hydrogen) atoms. The maximum atomic E-state index is 9.58. The van der Waals surface area contributed by atoms with Crippen LogP contribution in [0.3, 0.4) is 0 Å². The Hall–Kier alpha value is -2.66. The number of phenols is 2. The standard InChI is InChI=1S/C18H18O5/c1-18(2,10-19)23-15-4-3-11-7-16(22-17(11)9-15)12-5-13(20)8-14(21)6-12/h3-9,19-21H,10H2,1-2H3. The minimum atomic E-state index is -0.680. The highest BCUT2D eigenvalue weighted by Gasteiger charge is 2.19. The van der Waals surface area contributed by atoms with E-state index in [2.05, 4.69) is 0 Å². The normalized spacial score (nSPS) is 11.8. The van der Waals surface area contributed by atoms with Crippen LogP contribution >= 0.6 is 0 Å². The zero-order chi connectivity index (χ0) is 16.6. The van der Waals surface area contributed by atoms with Gasteiger partial charge in [-0.15, -0.1) is 0 Å². The van der Waals surface area contributed by atoms with Gasteiger partial charge in [0.2, 0.25) is 0 Å². The summed E-state index contributed by atoms with van der Waals surface area (Å²) in [6.07, 6.45) is 0. The molecular formula is C18H18O5. The van der Waals surface area contributed by atoms with Gasteiger partial charge < -0.3 is 24.5 Å². The third-order valence-corrected chi connectivity index (χ3v) is 3.45. The van der Waals surface area contributed by atoms with Crippen LogP contribution in [0.25, 0.3) is 22.3 Å². The van der Waals surface area contributed by atoms with Crippen LogP contribution in [0, 0.1) is 0 Å². The molecule has 0 bridgehead atoms. The number of hydrogen-bond acceptors (Lipinski definition) is 5. The van der Waals surface area contributed by atoms with Crippen molar-refractivity contribution in [3.63, 3.8) is 0 Å². The van der Waals surface area contributed by atoms with E-state index in [1.807, 2.05) is 12.1 Å². The Kier molecular flexibility index (Phi) is 3.66. The molecule has 3 rings (SSSR count). The summed E-state index contributed by atoms with van der Waals surface area (Å²) in [4.78, 5) is 0. The van der Waals surface area contributed by atoms with Crippen LogP contribution in [0.15, 0.2) is 46.9 Å². The molecule has 1 heterocycles. The van der Waals surface area contributed by atoms with Gasteiger partial charge in [-0.05, 0) is 44.2 Å². The van der Waals surface area contributed by atoms with Gasteiger partial charge in [-0.3, -0.25) is 0 Å². The molecule has 120 valence electrons. The molecule has 0 unspecified atom stereocenters. The molecule has 2 aromatic carbocycles. The summed E-state index contributed by atoms with van der Waals surface area (Å²) in [5, 5.41) is 29.3. The Morgan fingerprint density at radius 1 is 1.00 bits per heavy atom. The van der Waals surface area contributed by atoms with Gasteiger partial charge in [0.1, 0.15) is 34.2 Å². The van der Waals surface area contributed by atoms with Crippen molar-refractivity contribution in [2.45, 2.75) is 19.4 Å². The zero-order valence-corrected chi connectivity index (χ0v) is 12.9. The molecule has 0 aliphatic heterocycles. The number of aliphatic hydroxyl groups is 1. The van der Waals surface area contributed by atoms with Gasteiger partial charge in [0, 0.05) is 23.1 Å². The van der Waals surface area contributed by atoms with E-state index in [1.54, 1.807) is 26.0 Å². The number of rotatable bonds is 4. The van der Waals surface area contributed by atoms with E-state index in [4.69, 9.17) is 9.15 Å². The molecule has 0 spiro atoms. The number of aliphatic hydroxyl groups excluding tert-OH is 1. The number of hydrogen-bond donors (Lipinski definition) is 3. The Balaban J connectivity index is 1.99. The number of benzene rings is 2. The predicted molar refractivity (Wildman–Crippen MR) is 86.8 cm³/mol. The van der Waals surface area contributed by atoms with Gasteiger partial charge in [0.25, 0.3) is 0 Å². The quantitative estimate of drug-likeness (QED) is 0.684. The summed E-state index contributed by atoms with van der Waals surface area (Å²) in [5.41, 5.74) is 0.519. The van der Waals surface area contributed by atoms with Crippen LogP contribution in [-0.4, -0.2) is 27.5 Å². The fourth-order valence-corrected chi connectivity index (χ4v) is 2.31. The van der Waals surface area contributed by atoms with E-state index in [-0.39, 0.29) is 18.1 Å². The molecule has 3 N–H and O–H groups in total. The number of fused-ring (bicyclic) bond motifs is 1. The van der Waals surface area contributed by atoms with Crippen LogP contribution in [0.5, 0.6) is 17.2 Å². The van der Waals surface area contributed by atoms with E-state index in [1.165, 1.54) is 18.2 Å². The summed E-state index contributed by atoms with van der Waals surface area (Å²) in [6, 6.07) is 11.5. The maximum absolute atomic E-state index is 9.58. The number of phenolic OH excluding ortho intramolecular Hbond substituents is 2. The summed E-state index contributed by atoms with van der Waals surface area (Å²) >= 11 is 0. The molecule has 0 atom stereocenters. The summed E-state index contributed by atoms with van der Waals surface area (Å²) in [5.74, 6) is 1.06. The molecule has 0 radical (unpaired) electrons. The lowest BCUT2D eigenvalue weighted by molar-refractivity contribution is 0.0413. The van der Waals surface area contributed by atoms with Gasteiger partial charge in [-0.1, -0.05) is 0 Å². The fourth-order valence-electron chi connectivity index (χ4n) is 2.31. The van der Waals surface area contributed by atoms with Crippen LogP contribution in [0.1, 0.15) is 13.8 Å². The number of aromatic hydroxyl groups is 2. The first-order valence-electron chi connectivity index (χ1n) is 7.23. The third-order valence-electron chi connectivity index (χ3n) is 3.45. The maximum Gasteiger partial charge on any atom is 0.138 e. The van der Waals surface area contributed by atoms with Crippen molar-refractivity contribution in [2.24, 2.45) is 0 Å². The minimum Gasteiger partial charge on any atom is -0.508 e. The highest BCUT2D eigenvalue weighted by molar-refractivity contribution is 5.84. The van der Waals surface area contributed by atoms with Crippen molar-refractivity contribution in [2.75, 3.05) is 6.61 Å². The monoisotopic (exact) mass is 314 g/mol. The second kappa shape index (κ2) is 5.52. The second-order valence-corrected chi connectivity index (χ2v) is 6.07. The SMILES string of the molecule is CC(C)(CO)Oc1ccc2cc(-c3cc(O)cc(O)c3)oc2c1. The predicted octanol–water partition coefficient (Wildman–Crippen LogP) is 3.66. The Bertz CT molecular complexity index is 827. The van der Waals surface area contributed by atoms with E-state index in [0.717, 1.165) is 5.39 Å². The summed E-state index contributed by atoms with van der Waals surface area (Å²) in [6.45, 7) is 3.48. The van der Waals surface area contributed by atoms with Crippen molar-refractivity contribution >= 4 is 11.0 Å². The Morgan fingerprint density at radius 3 is 2.35 bits per heavy atom. The highest BCUT2D eigenvalue weighted by Crippen LogP contribution is 2.34. The molecule has 1 aromatic heterocycles. The van der Waals surface area contributed by atoms with Crippen LogP contribution in [0.4, 0.5) is 0 Å². The molecule has 5 heteroatoms. The van der Waals surface area contributed by atoms with Gasteiger partial charge in [-0.25, -0.2) is 0 Å². The lowest BCUT2D eigenvalue weighted by atomic mass is 10.1. The van der Waals surface area contributed by atoms with Crippen LogP contribution in [0.2, 0.25) is 0 Å². The van der Waals surface area contributed by atoms with Crippen molar-refractivity contribution in [1.29, 1.82) is 0 Å². The molecule has 0 amide bonds. The Labute approximate surface area is 133 Å². The second-order valence-electron chi connectivity index (χ2n) is 6.07. The smallest absolute Gasteiger partial charge is 0.138 e. The molecule has 0 aliphatic carbocycles. The number of ether oxygens (including phenoxy) is 1. The largest absolute Gasteiger partial charge is 0.508 e. The fraction of sp³-hybridized carbons (Fsp3) is 0.222. The topological polar surface area (TPSA) is 83.1 Å². The van der Waals surface area contributed by atoms with Crippen LogP contribution < -0.4 is 4.74 Å². The van der Waals surface area contributed by atoms with E-state index >= 15 is 0 Å². The van der Waals surface area contributed by atoms with Gasteiger partial charge in [0.05, 0.1) is 6.61 Å². The Morgan fingerprint density at radius 2 is 1.70 bits per heavy atom. The van der Waals surface area contributed by atoms with Crippen molar-refractivity contribution in [1.82, 2.24) is 0 Å². The highest BCUT2D eigenvalue weighted by atomic mass is 16.5. The average Bonchev–Trinajstić information content (AvgIpc) is 2.89. The minimum absolute atomic E-state index is 0.0332. The zero-order valence-electron chi connectivity index (χ0n) is 12.9. The van der Waals surface area contributed by atoms with Gasteiger partial charge in [-0.2, -0.15) is 0 Å². The third kappa shape index (κ3) is 3.24. The van der Waals surface area contributed by atoms with Crippen LogP contribution in [-0.2, 0) is 0 Å². The molecule has 3 aromatic rings. The first-order valence-corrected chi connectivity index (χ1v) is 7.23. The van der Waals surface area contributed by atoms with E-state index in [9.17, 15) is 15.3 Å². The van der Waals surface area contributed by atoms with Crippen molar-refractivity contribution in [3.8, 4) is 28.6 Å². The number of furan rings is 1. The molecule has 0 fully saturated rings. The summed E-state index contributed by atoms with van der Waals surface area (Å²) < 4.78 is 11.5. The molecule has 0 saturated heterocycles. The molecule has 0 saturated carbocycles. The molecule has 0 aliphatic rings. The van der Waals surface area contributed by atoms with Gasteiger partial charge >= 0.3 is 0 Å². The molecular weight excluding hydrogens is 296 g/mol. The van der Waals surface area contributed by atoms with Crippen molar-refractivity contribution in [3.05, 3.63) is 42.5 Å². The van der Waals surface area contributed by atoms with E-state index < -0.39 is 5.60 Å².